The molecule has 3 aliphatic rings. The SMILES string of the molecule is CC(CN(O)Cc1ccc(OCc2ccc(F)cc2)cc1)C(C(=O)CO)C1(C)CC(O)C2(F)C(CC(F)C3=CC(=O)C=CC32C)C1. The van der Waals surface area contributed by atoms with Gasteiger partial charge in [0.1, 0.15) is 31.0 Å². The molecule has 46 heavy (non-hydrogen) atoms. The zero-order valence-electron chi connectivity index (χ0n) is 26.3. The lowest BCUT2D eigenvalue weighted by molar-refractivity contribution is -0.192. The minimum atomic E-state index is -2.26. The number of hydrogen-bond acceptors (Lipinski definition) is 7. The molecule has 3 N–H and O–H groups in total. The van der Waals surface area contributed by atoms with Crippen molar-refractivity contribution in [1.29, 1.82) is 0 Å². The lowest BCUT2D eigenvalue weighted by Gasteiger charge is -2.61. The normalized spacial score (nSPS) is 31.9. The van der Waals surface area contributed by atoms with Crippen LogP contribution >= 0.6 is 0 Å². The second-order valence-corrected chi connectivity index (χ2v) is 13.8. The monoisotopic (exact) mass is 641 g/mol. The van der Waals surface area contributed by atoms with E-state index in [-0.39, 0.29) is 50.3 Å². The number of aliphatic hydroxyl groups excluding tert-OH is 2. The molecule has 2 aromatic rings. The van der Waals surface area contributed by atoms with Gasteiger partial charge in [-0.05, 0) is 90.6 Å². The third-order valence-electron chi connectivity index (χ3n) is 10.5. The molecule has 0 bridgehead atoms. The van der Waals surface area contributed by atoms with Gasteiger partial charge < -0.3 is 20.2 Å². The van der Waals surface area contributed by atoms with E-state index in [1.54, 1.807) is 50.2 Å². The Hall–Kier alpha value is -3.31. The third kappa shape index (κ3) is 6.32. The van der Waals surface area contributed by atoms with Crippen molar-refractivity contribution in [2.75, 3.05) is 13.2 Å². The summed E-state index contributed by atoms with van der Waals surface area (Å²) in [5.74, 6) is -2.97. The van der Waals surface area contributed by atoms with Crippen molar-refractivity contribution < 1.29 is 42.9 Å². The minimum absolute atomic E-state index is 0.0288. The Kier molecular flexibility index (Phi) is 9.67. The van der Waals surface area contributed by atoms with Crippen LogP contribution in [-0.2, 0) is 22.7 Å². The van der Waals surface area contributed by atoms with Gasteiger partial charge in [-0.3, -0.25) is 9.59 Å². The number of carbonyl (C=O) groups is 2. The van der Waals surface area contributed by atoms with Crippen molar-refractivity contribution in [3.05, 3.63) is 89.3 Å². The molecule has 0 spiro atoms. The Morgan fingerprint density at radius 3 is 2.39 bits per heavy atom. The van der Waals surface area contributed by atoms with Gasteiger partial charge in [0, 0.05) is 30.3 Å². The number of allylic oxidation sites excluding steroid dienone is 4. The number of halogens is 3. The molecule has 0 heterocycles. The van der Waals surface area contributed by atoms with Crippen molar-refractivity contribution in [3.8, 4) is 5.75 Å². The number of rotatable bonds is 11. The van der Waals surface area contributed by atoms with Crippen LogP contribution in [-0.4, -0.2) is 63.1 Å². The average molecular weight is 642 g/mol. The molecular formula is C36H42F3NO6. The van der Waals surface area contributed by atoms with Crippen LogP contribution in [0.15, 0.2) is 72.3 Å². The van der Waals surface area contributed by atoms with Crippen LogP contribution in [0.3, 0.4) is 0 Å². The summed E-state index contributed by atoms with van der Waals surface area (Å²) in [6.45, 7) is 4.70. The number of ketones is 2. The first kappa shape index (κ1) is 34.0. The Balaban J connectivity index is 1.27. The molecule has 2 aromatic carbocycles. The summed E-state index contributed by atoms with van der Waals surface area (Å²) in [6, 6.07) is 13.1. The summed E-state index contributed by atoms with van der Waals surface area (Å²) in [6.07, 6.45) is 0.283. The van der Waals surface area contributed by atoms with Gasteiger partial charge in [0.2, 0.25) is 0 Å². The van der Waals surface area contributed by atoms with Gasteiger partial charge in [0.25, 0.3) is 0 Å². The van der Waals surface area contributed by atoms with E-state index in [9.17, 15) is 29.4 Å². The zero-order valence-corrected chi connectivity index (χ0v) is 26.3. The second-order valence-electron chi connectivity index (χ2n) is 13.8. The van der Waals surface area contributed by atoms with Crippen LogP contribution in [0.1, 0.15) is 51.2 Å². The molecule has 8 unspecified atom stereocenters. The van der Waals surface area contributed by atoms with Gasteiger partial charge in [-0.1, -0.05) is 44.2 Å². The second kappa shape index (κ2) is 13.1. The number of nitrogens with zero attached hydrogens (tertiary/aromatic N) is 1. The summed E-state index contributed by atoms with van der Waals surface area (Å²) in [4.78, 5) is 25.3. The summed E-state index contributed by atoms with van der Waals surface area (Å²) >= 11 is 0. The van der Waals surface area contributed by atoms with E-state index in [1.807, 2.05) is 0 Å². The van der Waals surface area contributed by atoms with Crippen molar-refractivity contribution >= 4 is 11.6 Å². The molecule has 7 nitrogen and oxygen atoms in total. The van der Waals surface area contributed by atoms with Crippen LogP contribution in [0.4, 0.5) is 13.2 Å². The van der Waals surface area contributed by atoms with Gasteiger partial charge in [0.05, 0.1) is 6.10 Å². The molecule has 248 valence electrons. The summed E-state index contributed by atoms with van der Waals surface area (Å²) in [5, 5.41) is 33.4. The van der Waals surface area contributed by atoms with Gasteiger partial charge >= 0.3 is 0 Å². The summed E-state index contributed by atoms with van der Waals surface area (Å²) in [5.41, 5.74) is -3.17. The zero-order chi connectivity index (χ0) is 33.4. The molecule has 0 radical (unpaired) electrons. The molecule has 8 atom stereocenters. The van der Waals surface area contributed by atoms with E-state index in [0.717, 1.165) is 22.3 Å². The number of ether oxygens (including phenoxy) is 1. The van der Waals surface area contributed by atoms with E-state index in [1.165, 1.54) is 31.2 Å². The number of benzene rings is 2. The number of carbonyl (C=O) groups excluding carboxylic acids is 2. The highest BCUT2D eigenvalue weighted by Gasteiger charge is 2.68. The average Bonchev–Trinajstić information content (AvgIpc) is 3.00. The largest absolute Gasteiger partial charge is 0.489 e. The van der Waals surface area contributed by atoms with E-state index in [4.69, 9.17) is 4.74 Å². The van der Waals surface area contributed by atoms with Crippen LogP contribution < -0.4 is 4.74 Å². The molecule has 2 fully saturated rings. The summed E-state index contributed by atoms with van der Waals surface area (Å²) < 4.78 is 51.5. The molecule has 3 aliphatic carbocycles. The molecule has 2 saturated carbocycles. The maximum atomic E-state index is 17.1. The smallest absolute Gasteiger partial charge is 0.178 e. The number of hydroxylamine groups is 2. The van der Waals surface area contributed by atoms with E-state index in [2.05, 4.69) is 0 Å². The Bertz CT molecular complexity index is 1500. The molecule has 0 aromatic heterocycles. The highest BCUT2D eigenvalue weighted by molar-refractivity contribution is 6.01. The van der Waals surface area contributed by atoms with Crippen LogP contribution in [0.25, 0.3) is 0 Å². The first-order valence-corrected chi connectivity index (χ1v) is 15.7. The summed E-state index contributed by atoms with van der Waals surface area (Å²) in [7, 11) is 0. The standard InChI is InChI=1S/C36H42F3NO6/c1-22(18-40(45)19-23-6-10-28(11-7-23)46-21-24-4-8-26(37)9-5-24)33(31(43)20-41)34(2)16-25-14-30(38)29-15-27(42)12-13-35(29,3)36(25,39)32(44)17-34/h4-13,15,22,25,30,32-33,41,44-45H,14,16-21H2,1-3H3. The van der Waals surface area contributed by atoms with Crippen molar-refractivity contribution in [2.45, 2.75) is 71.1 Å². The van der Waals surface area contributed by atoms with Crippen molar-refractivity contribution in [3.63, 3.8) is 0 Å². The van der Waals surface area contributed by atoms with Crippen molar-refractivity contribution in [1.82, 2.24) is 5.06 Å². The molecule has 10 heteroatoms. The topological polar surface area (TPSA) is 107 Å². The van der Waals surface area contributed by atoms with Crippen LogP contribution in [0, 0.1) is 34.4 Å². The number of alkyl halides is 2. The van der Waals surface area contributed by atoms with Crippen LogP contribution in [0.5, 0.6) is 5.75 Å². The fourth-order valence-electron chi connectivity index (χ4n) is 8.42. The first-order valence-electron chi connectivity index (χ1n) is 15.7. The van der Waals surface area contributed by atoms with Crippen molar-refractivity contribution in [2.24, 2.45) is 28.6 Å². The van der Waals surface area contributed by atoms with Gasteiger partial charge in [-0.25, -0.2) is 13.2 Å². The predicted molar refractivity (Wildman–Crippen MR) is 165 cm³/mol. The third-order valence-corrected chi connectivity index (χ3v) is 10.5. The van der Waals surface area contributed by atoms with Gasteiger partial charge in [0.15, 0.2) is 17.2 Å². The Morgan fingerprint density at radius 2 is 1.74 bits per heavy atom. The fourth-order valence-corrected chi connectivity index (χ4v) is 8.42. The number of hydrogen-bond donors (Lipinski definition) is 3. The maximum Gasteiger partial charge on any atom is 0.178 e. The quantitative estimate of drug-likeness (QED) is 0.270. The minimum Gasteiger partial charge on any atom is -0.489 e. The lowest BCUT2D eigenvalue weighted by atomic mass is 9.46. The molecule has 5 rings (SSSR count). The Labute approximate surface area is 267 Å². The number of aliphatic hydroxyl groups is 2. The highest BCUT2D eigenvalue weighted by atomic mass is 19.1. The lowest BCUT2D eigenvalue weighted by Crippen LogP contribution is -2.66. The fraction of sp³-hybridized carbons (Fsp3) is 0.500. The predicted octanol–water partition coefficient (Wildman–Crippen LogP) is 5.71. The van der Waals surface area contributed by atoms with Crippen LogP contribution in [0.2, 0.25) is 0 Å². The van der Waals surface area contributed by atoms with E-state index < -0.39 is 64.7 Å². The van der Waals surface area contributed by atoms with E-state index >= 15 is 8.78 Å². The van der Waals surface area contributed by atoms with Gasteiger partial charge in [-0.15, -0.1) is 0 Å². The molecule has 0 aliphatic heterocycles. The van der Waals surface area contributed by atoms with E-state index in [0.29, 0.717) is 5.75 Å². The highest BCUT2D eigenvalue weighted by Crippen LogP contribution is 2.64. The first-order chi connectivity index (χ1) is 21.7. The van der Waals surface area contributed by atoms with Gasteiger partial charge in [-0.2, -0.15) is 5.06 Å². The molecule has 0 amide bonds. The number of fused-ring (bicyclic) bond motifs is 3. The number of Topliss-reactive ketones (excluding diaryl/α,β-unsaturated/α-hetero) is 1. The maximum absolute atomic E-state index is 17.1. The molecular weight excluding hydrogens is 599 g/mol. The molecule has 0 saturated heterocycles. The Morgan fingerprint density at radius 1 is 1.09 bits per heavy atom.